The monoisotopic (exact) mass is 228 g/mol. The lowest BCUT2D eigenvalue weighted by Gasteiger charge is -2.24. The Morgan fingerprint density at radius 2 is 2.33 bits per heavy atom. The van der Waals surface area contributed by atoms with Gasteiger partial charge in [0.2, 0.25) is 0 Å². The molecule has 15 heavy (non-hydrogen) atoms. The number of aliphatic hydroxyl groups excluding tert-OH is 1. The van der Waals surface area contributed by atoms with Crippen LogP contribution in [0.3, 0.4) is 0 Å². The highest BCUT2D eigenvalue weighted by Crippen LogP contribution is 2.35. The van der Waals surface area contributed by atoms with Crippen molar-refractivity contribution in [1.29, 1.82) is 0 Å². The summed E-state index contributed by atoms with van der Waals surface area (Å²) in [6.07, 6.45) is 2.68. The normalized spacial score (nSPS) is 21.3. The smallest absolute Gasteiger partial charge is 0.172 e. The lowest BCUT2D eigenvalue weighted by molar-refractivity contribution is 0.0801. The van der Waals surface area contributed by atoms with Gasteiger partial charge in [-0.25, -0.2) is 0 Å². The maximum atomic E-state index is 9.14. The largest absolute Gasteiger partial charge is 0.485 e. The fraction of sp³-hybridized carbons (Fsp3) is 0.636. The van der Waals surface area contributed by atoms with Crippen LogP contribution in [0, 0.1) is 0 Å². The first-order chi connectivity index (χ1) is 7.25. The van der Waals surface area contributed by atoms with Crippen molar-refractivity contribution in [3.63, 3.8) is 0 Å². The third-order valence-electron chi connectivity index (χ3n) is 2.46. The van der Waals surface area contributed by atoms with E-state index in [1.165, 1.54) is 0 Å². The third-order valence-corrected chi connectivity index (χ3v) is 3.16. The molecule has 0 amide bonds. The molecule has 0 spiro atoms. The third kappa shape index (κ3) is 2.86. The summed E-state index contributed by atoms with van der Waals surface area (Å²) in [6, 6.07) is 0. The molecule has 0 fully saturated rings. The molecule has 84 valence electrons. The highest BCUT2D eigenvalue weighted by Gasteiger charge is 2.21. The summed E-state index contributed by atoms with van der Waals surface area (Å²) in [4.78, 5) is 0. The maximum Gasteiger partial charge on any atom is 0.172 e. The van der Waals surface area contributed by atoms with E-state index >= 15 is 0 Å². The van der Waals surface area contributed by atoms with Gasteiger partial charge in [0.1, 0.15) is 12.7 Å². The van der Waals surface area contributed by atoms with Crippen molar-refractivity contribution in [1.82, 2.24) is 0 Å². The van der Waals surface area contributed by atoms with Crippen molar-refractivity contribution < 1.29 is 14.6 Å². The van der Waals surface area contributed by atoms with Gasteiger partial charge < -0.3 is 14.6 Å². The summed E-state index contributed by atoms with van der Waals surface area (Å²) in [5, 5.41) is 13.1. The maximum absolute atomic E-state index is 9.14. The lowest BCUT2D eigenvalue weighted by atomic mass is 10.1. The van der Waals surface area contributed by atoms with Crippen molar-refractivity contribution in [2.45, 2.75) is 38.4 Å². The molecular formula is C11H16O3S. The van der Waals surface area contributed by atoms with E-state index in [9.17, 15) is 0 Å². The molecule has 0 saturated heterocycles. The number of ether oxygens (including phenoxy) is 2. The number of fused-ring (bicyclic) bond motifs is 1. The molecule has 0 bridgehead atoms. The second-order valence-corrected chi connectivity index (χ2v) is 4.67. The lowest BCUT2D eigenvalue weighted by Crippen LogP contribution is -2.28. The number of hydrogen-bond donors (Lipinski definition) is 1. The molecule has 2 rings (SSSR count). The fourth-order valence-corrected chi connectivity index (χ4v) is 2.32. The van der Waals surface area contributed by atoms with E-state index in [-0.39, 0.29) is 12.2 Å². The van der Waals surface area contributed by atoms with Gasteiger partial charge in [0.15, 0.2) is 11.5 Å². The van der Waals surface area contributed by atoms with E-state index in [0.717, 1.165) is 30.8 Å². The quantitative estimate of drug-likeness (QED) is 0.860. The zero-order chi connectivity index (χ0) is 10.7. The van der Waals surface area contributed by atoms with Crippen molar-refractivity contribution in [2.75, 3.05) is 6.61 Å². The molecule has 0 radical (unpaired) electrons. The first-order valence-corrected chi connectivity index (χ1v) is 6.23. The van der Waals surface area contributed by atoms with Gasteiger partial charge in [-0.05, 0) is 26.2 Å². The van der Waals surface area contributed by atoms with E-state index in [0.29, 0.717) is 6.61 Å². The molecule has 2 heterocycles. The van der Waals surface area contributed by atoms with Crippen LogP contribution in [-0.4, -0.2) is 23.9 Å². The Labute approximate surface area is 93.6 Å². The van der Waals surface area contributed by atoms with Crippen LogP contribution in [0.1, 0.15) is 26.2 Å². The standard InChI is InChI=1S/C11H16O3S/c1-8(12)3-2-4-9-5-13-10-6-15-7-11(10)14-9/h6-9,12H,2-5H2,1H3. The Morgan fingerprint density at radius 3 is 3.13 bits per heavy atom. The predicted molar refractivity (Wildman–Crippen MR) is 59.8 cm³/mol. The summed E-state index contributed by atoms with van der Waals surface area (Å²) in [7, 11) is 0. The summed E-state index contributed by atoms with van der Waals surface area (Å²) in [5.41, 5.74) is 0. The molecule has 1 aromatic heterocycles. The van der Waals surface area contributed by atoms with Crippen LogP contribution in [-0.2, 0) is 0 Å². The van der Waals surface area contributed by atoms with Gasteiger partial charge in [-0.15, -0.1) is 11.3 Å². The molecule has 1 aromatic rings. The number of rotatable bonds is 4. The summed E-state index contributed by atoms with van der Waals surface area (Å²) < 4.78 is 11.3. The van der Waals surface area contributed by atoms with Crippen molar-refractivity contribution in [3.8, 4) is 11.5 Å². The van der Waals surface area contributed by atoms with E-state index < -0.39 is 0 Å². The van der Waals surface area contributed by atoms with Gasteiger partial charge in [0.05, 0.1) is 6.10 Å². The first kappa shape index (κ1) is 10.8. The molecule has 1 aliphatic heterocycles. The van der Waals surface area contributed by atoms with Gasteiger partial charge in [0, 0.05) is 10.8 Å². The van der Waals surface area contributed by atoms with Crippen LogP contribution in [0.4, 0.5) is 0 Å². The van der Waals surface area contributed by atoms with Crippen LogP contribution in [0.15, 0.2) is 10.8 Å². The minimum absolute atomic E-state index is 0.144. The second-order valence-electron chi connectivity index (χ2n) is 3.93. The molecule has 2 unspecified atom stereocenters. The van der Waals surface area contributed by atoms with Crippen molar-refractivity contribution in [3.05, 3.63) is 10.8 Å². The van der Waals surface area contributed by atoms with E-state index in [4.69, 9.17) is 14.6 Å². The number of thiophene rings is 1. The second kappa shape index (κ2) is 4.86. The van der Waals surface area contributed by atoms with Gasteiger partial charge in [-0.3, -0.25) is 0 Å². The Bertz CT molecular complexity index is 309. The molecule has 0 saturated carbocycles. The van der Waals surface area contributed by atoms with Gasteiger partial charge in [-0.1, -0.05) is 0 Å². The molecule has 4 heteroatoms. The van der Waals surface area contributed by atoms with Crippen LogP contribution < -0.4 is 9.47 Å². The molecule has 0 aliphatic carbocycles. The fourth-order valence-electron chi connectivity index (χ4n) is 1.64. The average molecular weight is 228 g/mol. The summed E-state index contributed by atoms with van der Waals surface area (Å²) in [5.74, 6) is 1.74. The Balaban J connectivity index is 1.78. The SMILES string of the molecule is CC(O)CCCC1COc2cscc2O1. The first-order valence-electron chi connectivity index (χ1n) is 5.29. The topological polar surface area (TPSA) is 38.7 Å². The van der Waals surface area contributed by atoms with Gasteiger partial charge in [0.25, 0.3) is 0 Å². The zero-order valence-electron chi connectivity index (χ0n) is 8.81. The molecular weight excluding hydrogens is 212 g/mol. The van der Waals surface area contributed by atoms with E-state index in [2.05, 4.69) is 0 Å². The number of hydrogen-bond acceptors (Lipinski definition) is 4. The minimum atomic E-state index is -0.216. The van der Waals surface area contributed by atoms with E-state index in [1.807, 2.05) is 17.7 Å². The highest BCUT2D eigenvalue weighted by atomic mass is 32.1. The average Bonchev–Trinajstić information content (AvgIpc) is 2.64. The predicted octanol–water partition coefficient (Wildman–Crippen LogP) is 2.44. The highest BCUT2D eigenvalue weighted by molar-refractivity contribution is 7.08. The van der Waals surface area contributed by atoms with Gasteiger partial charge >= 0.3 is 0 Å². The van der Waals surface area contributed by atoms with E-state index in [1.54, 1.807) is 11.3 Å². The summed E-state index contributed by atoms with van der Waals surface area (Å²) >= 11 is 1.60. The van der Waals surface area contributed by atoms with Crippen molar-refractivity contribution in [2.24, 2.45) is 0 Å². The van der Waals surface area contributed by atoms with Gasteiger partial charge in [-0.2, -0.15) is 0 Å². The van der Waals surface area contributed by atoms with Crippen molar-refractivity contribution >= 4 is 11.3 Å². The molecule has 1 N–H and O–H groups in total. The Morgan fingerprint density at radius 1 is 1.53 bits per heavy atom. The minimum Gasteiger partial charge on any atom is -0.485 e. The summed E-state index contributed by atoms with van der Waals surface area (Å²) in [6.45, 7) is 2.44. The molecule has 1 aliphatic rings. The Hall–Kier alpha value is -0.740. The number of aliphatic hydroxyl groups is 1. The molecule has 3 nitrogen and oxygen atoms in total. The zero-order valence-corrected chi connectivity index (χ0v) is 9.63. The molecule has 0 aromatic carbocycles. The van der Waals surface area contributed by atoms with Crippen LogP contribution in [0.5, 0.6) is 11.5 Å². The van der Waals surface area contributed by atoms with Crippen LogP contribution >= 0.6 is 11.3 Å². The van der Waals surface area contributed by atoms with Crippen LogP contribution in [0.2, 0.25) is 0 Å². The Kier molecular flexibility index (Phi) is 3.49. The molecule has 2 atom stereocenters. The van der Waals surface area contributed by atoms with Crippen LogP contribution in [0.25, 0.3) is 0 Å².